The molecule has 0 amide bonds. The third-order valence-electron chi connectivity index (χ3n) is 10.1. The molecular formula is C28H46O4. The number of hydrogen-bond donors (Lipinski definition) is 0. The molecule has 0 aromatic heterocycles. The summed E-state index contributed by atoms with van der Waals surface area (Å²) in [6, 6.07) is 0. The molecule has 4 saturated carbocycles. The quantitative estimate of drug-likeness (QED) is 0.451. The van der Waals surface area contributed by atoms with Gasteiger partial charge in [-0.2, -0.15) is 0 Å². The highest BCUT2D eigenvalue weighted by atomic mass is 16.5. The van der Waals surface area contributed by atoms with Crippen LogP contribution in [-0.4, -0.2) is 25.2 Å². The lowest BCUT2D eigenvalue weighted by Gasteiger charge is -2.36. The largest absolute Gasteiger partial charge is 0.465 e. The molecule has 0 heterocycles. The Morgan fingerprint density at radius 2 is 1.31 bits per heavy atom. The smallest absolute Gasteiger partial charge is 0.310 e. The average molecular weight is 447 g/mol. The fourth-order valence-corrected chi connectivity index (χ4v) is 7.89. The van der Waals surface area contributed by atoms with Gasteiger partial charge in [0.15, 0.2) is 0 Å². The Morgan fingerprint density at radius 3 is 1.84 bits per heavy atom. The maximum absolute atomic E-state index is 13.3. The number of hydrogen-bond acceptors (Lipinski definition) is 4. The van der Waals surface area contributed by atoms with Crippen LogP contribution in [0.5, 0.6) is 0 Å². The molecule has 4 aliphatic carbocycles. The van der Waals surface area contributed by atoms with Crippen LogP contribution in [0, 0.1) is 58.7 Å². The Labute approximate surface area is 195 Å². The Balaban J connectivity index is 1.35. The molecule has 4 heteroatoms. The van der Waals surface area contributed by atoms with Crippen molar-refractivity contribution < 1.29 is 19.1 Å². The minimum absolute atomic E-state index is 0.105. The van der Waals surface area contributed by atoms with Crippen molar-refractivity contribution in [1.82, 2.24) is 0 Å². The van der Waals surface area contributed by atoms with Crippen molar-refractivity contribution in [2.75, 3.05) is 13.2 Å². The van der Waals surface area contributed by atoms with E-state index in [4.69, 9.17) is 9.47 Å². The molecule has 0 aliphatic heterocycles. The molecule has 0 radical (unpaired) electrons. The Morgan fingerprint density at radius 1 is 0.781 bits per heavy atom. The lowest BCUT2D eigenvalue weighted by molar-refractivity contribution is -0.168. The lowest BCUT2D eigenvalue weighted by atomic mass is 9.71. The molecule has 4 aliphatic rings. The van der Waals surface area contributed by atoms with Crippen molar-refractivity contribution in [3.05, 3.63) is 0 Å². The van der Waals surface area contributed by atoms with Crippen molar-refractivity contribution in [1.29, 1.82) is 0 Å². The van der Waals surface area contributed by atoms with Crippen LogP contribution in [0.4, 0.5) is 0 Å². The number of rotatable bonds is 6. The van der Waals surface area contributed by atoms with Crippen molar-refractivity contribution in [2.24, 2.45) is 58.7 Å². The van der Waals surface area contributed by atoms with Crippen LogP contribution >= 0.6 is 0 Å². The highest BCUT2D eigenvalue weighted by Crippen LogP contribution is 2.61. The van der Waals surface area contributed by atoms with Gasteiger partial charge in [0.05, 0.1) is 25.0 Å². The molecule has 0 aromatic rings. The van der Waals surface area contributed by atoms with Crippen LogP contribution in [-0.2, 0) is 19.1 Å². The molecule has 2 bridgehead atoms. The Hall–Kier alpha value is -1.06. The molecule has 0 saturated heterocycles. The average Bonchev–Trinajstić information content (AvgIpc) is 3.26. The third kappa shape index (κ3) is 4.89. The number of carbonyl (C=O) groups is 2. The topological polar surface area (TPSA) is 52.6 Å². The van der Waals surface area contributed by atoms with Gasteiger partial charge in [-0.15, -0.1) is 0 Å². The van der Waals surface area contributed by atoms with Gasteiger partial charge < -0.3 is 9.47 Å². The fourth-order valence-electron chi connectivity index (χ4n) is 7.89. The standard InChI is InChI=1S/C28H46O4/c1-17-6-8-22(19(3)12-17)15-31-26(29)24-21-10-11-28(5,14-21)25(24)27(30)32-16-23-9-7-18(2)13-20(23)4/h17-25H,6-16H2,1-5H3. The summed E-state index contributed by atoms with van der Waals surface area (Å²) in [6.07, 6.45) is 10.2. The first-order valence-corrected chi connectivity index (χ1v) is 13.5. The van der Waals surface area contributed by atoms with E-state index >= 15 is 0 Å². The SMILES string of the molecule is CC1CCC(COC(=O)C2C3CCC(C)(C3)C2C(=O)OCC2CCC(C)CC2C)C(C)C1. The molecule has 4 fully saturated rings. The molecule has 10 atom stereocenters. The summed E-state index contributed by atoms with van der Waals surface area (Å²) in [5, 5.41) is 0. The minimum Gasteiger partial charge on any atom is -0.465 e. The summed E-state index contributed by atoms with van der Waals surface area (Å²) >= 11 is 0. The highest BCUT2D eigenvalue weighted by Gasteiger charge is 2.61. The molecule has 0 spiro atoms. The van der Waals surface area contributed by atoms with E-state index in [2.05, 4.69) is 34.6 Å². The van der Waals surface area contributed by atoms with Gasteiger partial charge in [0.25, 0.3) is 0 Å². The maximum atomic E-state index is 13.3. The zero-order valence-electron chi connectivity index (χ0n) is 21.1. The summed E-state index contributed by atoms with van der Waals surface area (Å²) in [5.41, 5.74) is -0.105. The van der Waals surface area contributed by atoms with Gasteiger partial charge in [-0.3, -0.25) is 9.59 Å². The van der Waals surface area contributed by atoms with Gasteiger partial charge in [-0.05, 0) is 91.8 Å². The summed E-state index contributed by atoms with van der Waals surface area (Å²) in [4.78, 5) is 26.6. The van der Waals surface area contributed by atoms with Crippen molar-refractivity contribution >= 4 is 11.9 Å². The maximum Gasteiger partial charge on any atom is 0.310 e. The summed E-state index contributed by atoms with van der Waals surface area (Å²) in [7, 11) is 0. The van der Waals surface area contributed by atoms with Gasteiger partial charge >= 0.3 is 11.9 Å². The summed E-state index contributed by atoms with van der Waals surface area (Å²) in [6.45, 7) is 12.5. The minimum atomic E-state index is -0.324. The molecular weight excluding hydrogens is 400 g/mol. The molecule has 0 aromatic carbocycles. The molecule has 4 rings (SSSR count). The summed E-state index contributed by atoms with van der Waals surface area (Å²) in [5.74, 6) is 3.06. The van der Waals surface area contributed by atoms with E-state index in [0.29, 0.717) is 36.9 Å². The van der Waals surface area contributed by atoms with Crippen LogP contribution < -0.4 is 0 Å². The van der Waals surface area contributed by atoms with E-state index < -0.39 is 0 Å². The number of ether oxygens (including phenoxy) is 2. The van der Waals surface area contributed by atoms with Crippen LogP contribution in [0.25, 0.3) is 0 Å². The van der Waals surface area contributed by atoms with E-state index in [1.807, 2.05) is 0 Å². The zero-order chi connectivity index (χ0) is 23.0. The van der Waals surface area contributed by atoms with E-state index in [9.17, 15) is 9.59 Å². The number of esters is 2. The normalized spacial score (nSPS) is 46.1. The van der Waals surface area contributed by atoms with Crippen molar-refractivity contribution in [3.63, 3.8) is 0 Å². The monoisotopic (exact) mass is 446 g/mol. The molecule has 32 heavy (non-hydrogen) atoms. The number of fused-ring (bicyclic) bond motifs is 2. The van der Waals surface area contributed by atoms with Crippen LogP contribution in [0.15, 0.2) is 0 Å². The highest BCUT2D eigenvalue weighted by molar-refractivity contribution is 5.84. The first-order valence-electron chi connectivity index (χ1n) is 13.5. The van der Waals surface area contributed by atoms with Crippen molar-refractivity contribution in [2.45, 2.75) is 92.4 Å². The second kappa shape index (κ2) is 9.66. The van der Waals surface area contributed by atoms with Crippen LogP contribution in [0.3, 0.4) is 0 Å². The predicted octanol–water partition coefficient (Wildman–Crippen LogP) is 6.27. The zero-order valence-corrected chi connectivity index (χ0v) is 21.1. The fraction of sp³-hybridized carbons (Fsp3) is 0.929. The van der Waals surface area contributed by atoms with E-state index in [-0.39, 0.29) is 35.1 Å². The predicted molar refractivity (Wildman–Crippen MR) is 126 cm³/mol. The van der Waals surface area contributed by atoms with Gasteiger partial charge in [-0.25, -0.2) is 0 Å². The van der Waals surface area contributed by atoms with Crippen molar-refractivity contribution in [3.8, 4) is 0 Å². The Bertz CT molecular complexity index is 689. The van der Waals surface area contributed by atoms with Gasteiger partial charge in [-0.1, -0.05) is 47.5 Å². The third-order valence-corrected chi connectivity index (χ3v) is 10.1. The summed E-state index contributed by atoms with van der Waals surface area (Å²) < 4.78 is 11.9. The Kier molecular flexibility index (Phi) is 7.27. The lowest BCUT2D eigenvalue weighted by Crippen LogP contribution is -2.42. The first kappa shape index (κ1) is 24.1. The van der Waals surface area contributed by atoms with E-state index in [1.54, 1.807) is 0 Å². The molecule has 10 unspecified atom stereocenters. The van der Waals surface area contributed by atoms with E-state index in [0.717, 1.165) is 43.9 Å². The van der Waals surface area contributed by atoms with Crippen LogP contribution in [0.1, 0.15) is 92.4 Å². The number of carbonyl (C=O) groups excluding carboxylic acids is 2. The van der Waals surface area contributed by atoms with E-state index in [1.165, 1.54) is 25.7 Å². The second-order valence-electron chi connectivity index (χ2n) is 12.7. The van der Waals surface area contributed by atoms with Gasteiger partial charge in [0.1, 0.15) is 0 Å². The van der Waals surface area contributed by atoms with Crippen LogP contribution in [0.2, 0.25) is 0 Å². The second-order valence-corrected chi connectivity index (χ2v) is 12.7. The molecule has 182 valence electrons. The van der Waals surface area contributed by atoms with Gasteiger partial charge in [0, 0.05) is 0 Å². The molecule has 4 nitrogen and oxygen atoms in total. The molecule has 0 N–H and O–H groups in total. The van der Waals surface area contributed by atoms with Gasteiger partial charge in [0.2, 0.25) is 0 Å². The first-order chi connectivity index (χ1) is 15.2.